The molecule has 0 saturated heterocycles. The molecule has 0 aliphatic rings. The van der Waals surface area contributed by atoms with Crippen LogP contribution in [0.25, 0.3) is 5.57 Å². The normalized spacial score (nSPS) is 10.2. The zero-order chi connectivity index (χ0) is 13.3. The van der Waals surface area contributed by atoms with E-state index in [2.05, 4.69) is 80.1 Å². The van der Waals surface area contributed by atoms with E-state index in [0.29, 0.717) is 0 Å². The fraction of sp³-hybridized carbons (Fsp3) is 0.211. The highest BCUT2D eigenvalue weighted by Crippen LogP contribution is 2.24. The predicted octanol–water partition coefficient (Wildman–Crippen LogP) is 5.51. The smallest absolute Gasteiger partial charge is 0.0151 e. The summed E-state index contributed by atoms with van der Waals surface area (Å²) in [6, 6.07) is 21.3. The van der Waals surface area contributed by atoms with E-state index in [1.807, 2.05) is 0 Å². The van der Waals surface area contributed by atoms with Gasteiger partial charge in [0, 0.05) is 0 Å². The third-order valence-electron chi connectivity index (χ3n) is 3.21. The Balaban J connectivity index is 2.24. The number of hydrogen-bond acceptors (Lipinski definition) is 0. The van der Waals surface area contributed by atoms with E-state index < -0.39 is 0 Å². The van der Waals surface area contributed by atoms with E-state index in [4.69, 9.17) is 0 Å². The lowest BCUT2D eigenvalue weighted by Gasteiger charge is -2.08. The summed E-state index contributed by atoms with van der Waals surface area (Å²) in [5, 5.41) is 0. The van der Waals surface area contributed by atoms with Crippen molar-refractivity contribution in [2.24, 2.45) is 0 Å². The third kappa shape index (κ3) is 4.10. The van der Waals surface area contributed by atoms with Crippen LogP contribution in [-0.2, 0) is 0 Å². The molecule has 0 amide bonds. The molecular formula is C19H21. The van der Waals surface area contributed by atoms with Crippen molar-refractivity contribution in [3.05, 3.63) is 84.3 Å². The fourth-order valence-corrected chi connectivity index (χ4v) is 2.21. The predicted molar refractivity (Wildman–Crippen MR) is 83.8 cm³/mol. The average Bonchev–Trinajstić information content (AvgIpc) is 2.49. The highest BCUT2D eigenvalue weighted by molar-refractivity contribution is 5.79. The Bertz CT molecular complexity index is 453. The molecule has 1 radical (unpaired) electrons. The van der Waals surface area contributed by atoms with Gasteiger partial charge in [-0.05, 0) is 36.0 Å². The highest BCUT2D eigenvalue weighted by Gasteiger charge is 2.03. The molecule has 2 rings (SSSR count). The molecule has 0 atom stereocenters. The van der Waals surface area contributed by atoms with Crippen LogP contribution >= 0.6 is 0 Å². The van der Waals surface area contributed by atoms with Crippen molar-refractivity contribution >= 4 is 5.57 Å². The first kappa shape index (κ1) is 13.6. The molecule has 19 heavy (non-hydrogen) atoms. The van der Waals surface area contributed by atoms with Crippen LogP contribution in [0, 0.1) is 6.42 Å². The van der Waals surface area contributed by atoms with Gasteiger partial charge >= 0.3 is 0 Å². The number of hydrogen-bond donors (Lipinski definition) is 0. The van der Waals surface area contributed by atoms with Gasteiger partial charge in [0.25, 0.3) is 0 Å². The summed E-state index contributed by atoms with van der Waals surface area (Å²) < 4.78 is 0. The van der Waals surface area contributed by atoms with Gasteiger partial charge in [-0.15, -0.1) is 0 Å². The number of unbranched alkanes of at least 4 members (excludes halogenated alkanes) is 3. The van der Waals surface area contributed by atoms with Gasteiger partial charge in [0.15, 0.2) is 0 Å². The summed E-state index contributed by atoms with van der Waals surface area (Å²) in [4.78, 5) is 0. The molecule has 0 spiro atoms. The molecule has 2 aromatic rings. The molecule has 0 bridgehead atoms. The zero-order valence-electron chi connectivity index (χ0n) is 11.5. The first-order chi connectivity index (χ1) is 9.42. The molecule has 2 aromatic carbocycles. The summed E-state index contributed by atoms with van der Waals surface area (Å²) in [6.45, 7) is 2.12. The second-order valence-electron chi connectivity index (χ2n) is 4.69. The molecular weight excluding hydrogens is 228 g/mol. The lowest BCUT2D eigenvalue weighted by atomic mass is 9.96. The molecule has 0 unspecified atom stereocenters. The Hall–Kier alpha value is -1.82. The zero-order valence-corrected chi connectivity index (χ0v) is 11.5. The first-order valence-corrected chi connectivity index (χ1v) is 7.00. The van der Waals surface area contributed by atoms with Crippen LogP contribution in [0.4, 0.5) is 0 Å². The second kappa shape index (κ2) is 7.58. The molecule has 0 heterocycles. The maximum absolute atomic E-state index is 2.37. The summed E-state index contributed by atoms with van der Waals surface area (Å²) in [5.74, 6) is 0. The number of allylic oxidation sites excluding steroid dienone is 1. The van der Waals surface area contributed by atoms with Crippen molar-refractivity contribution in [2.45, 2.75) is 26.2 Å². The minimum Gasteiger partial charge on any atom is -0.0761 e. The van der Waals surface area contributed by atoms with Crippen LogP contribution in [0.3, 0.4) is 0 Å². The molecule has 97 valence electrons. The minimum atomic E-state index is 1.13. The third-order valence-corrected chi connectivity index (χ3v) is 3.21. The Morgan fingerprint density at radius 3 is 1.79 bits per heavy atom. The topological polar surface area (TPSA) is 0 Å². The molecule has 0 heteroatoms. The van der Waals surface area contributed by atoms with Gasteiger partial charge in [-0.3, -0.25) is 0 Å². The highest BCUT2D eigenvalue weighted by atomic mass is 14.1. The Kier molecular flexibility index (Phi) is 5.43. The lowest BCUT2D eigenvalue weighted by molar-refractivity contribution is 0.829. The molecule has 0 aromatic heterocycles. The second-order valence-corrected chi connectivity index (χ2v) is 4.69. The average molecular weight is 249 g/mol. The van der Waals surface area contributed by atoms with Crippen molar-refractivity contribution in [3.63, 3.8) is 0 Å². The summed E-state index contributed by atoms with van der Waals surface area (Å²) in [5.41, 5.74) is 3.95. The van der Waals surface area contributed by atoms with Crippen LogP contribution in [0.2, 0.25) is 0 Å². The van der Waals surface area contributed by atoms with Crippen molar-refractivity contribution in [1.29, 1.82) is 0 Å². The van der Waals surface area contributed by atoms with Crippen molar-refractivity contribution in [1.82, 2.24) is 0 Å². The van der Waals surface area contributed by atoms with Crippen LogP contribution in [0.15, 0.2) is 66.7 Å². The van der Waals surface area contributed by atoms with Gasteiger partial charge < -0.3 is 0 Å². The first-order valence-electron chi connectivity index (χ1n) is 7.00. The maximum atomic E-state index is 2.37. The summed E-state index contributed by atoms with van der Waals surface area (Å²) >= 11 is 0. The molecule has 0 N–H and O–H groups in total. The van der Waals surface area contributed by atoms with Gasteiger partial charge in [-0.1, -0.05) is 80.1 Å². The molecule has 0 fully saturated rings. The van der Waals surface area contributed by atoms with Crippen molar-refractivity contribution < 1.29 is 0 Å². The van der Waals surface area contributed by atoms with E-state index in [1.165, 1.54) is 29.5 Å². The van der Waals surface area contributed by atoms with Crippen LogP contribution < -0.4 is 0 Å². The Labute approximate surface area is 116 Å². The quantitative estimate of drug-likeness (QED) is 0.592. The Morgan fingerprint density at radius 1 is 0.789 bits per heavy atom. The molecule has 0 saturated carbocycles. The standard InChI is InChI=1S/C19H21/c1-2-3-4-11-16-19(17-12-7-5-8-13-17)18-14-9-6-10-15-18/h2,5-10,12-16H,3-4,11H2,1H3. The van der Waals surface area contributed by atoms with E-state index >= 15 is 0 Å². The SMILES string of the molecule is C[CH]CCCC=C(c1ccccc1)c1ccccc1. The van der Waals surface area contributed by atoms with Crippen molar-refractivity contribution in [3.8, 4) is 0 Å². The molecule has 0 aliphatic carbocycles. The number of benzene rings is 2. The lowest BCUT2D eigenvalue weighted by Crippen LogP contribution is -1.88. The van der Waals surface area contributed by atoms with Gasteiger partial charge in [-0.25, -0.2) is 0 Å². The van der Waals surface area contributed by atoms with Gasteiger partial charge in [-0.2, -0.15) is 0 Å². The monoisotopic (exact) mass is 249 g/mol. The Morgan fingerprint density at radius 2 is 1.32 bits per heavy atom. The van der Waals surface area contributed by atoms with Crippen LogP contribution in [-0.4, -0.2) is 0 Å². The van der Waals surface area contributed by atoms with E-state index in [0.717, 1.165) is 6.42 Å². The maximum Gasteiger partial charge on any atom is -0.0151 e. The molecule has 0 aliphatic heterocycles. The van der Waals surface area contributed by atoms with E-state index in [1.54, 1.807) is 0 Å². The largest absolute Gasteiger partial charge is 0.0761 e. The van der Waals surface area contributed by atoms with Crippen LogP contribution in [0.5, 0.6) is 0 Å². The van der Waals surface area contributed by atoms with Gasteiger partial charge in [0.05, 0.1) is 0 Å². The number of rotatable bonds is 6. The molecule has 0 nitrogen and oxygen atoms in total. The van der Waals surface area contributed by atoms with E-state index in [9.17, 15) is 0 Å². The van der Waals surface area contributed by atoms with Gasteiger partial charge in [0.2, 0.25) is 0 Å². The summed E-state index contributed by atoms with van der Waals surface area (Å²) in [7, 11) is 0. The minimum absolute atomic E-state index is 1.13. The fourth-order valence-electron chi connectivity index (χ4n) is 2.21. The van der Waals surface area contributed by atoms with Gasteiger partial charge in [0.1, 0.15) is 0 Å². The van der Waals surface area contributed by atoms with Crippen molar-refractivity contribution in [2.75, 3.05) is 0 Å². The van der Waals surface area contributed by atoms with Crippen LogP contribution in [0.1, 0.15) is 37.3 Å². The van der Waals surface area contributed by atoms with E-state index in [-0.39, 0.29) is 0 Å². The summed E-state index contributed by atoms with van der Waals surface area (Å²) in [6.07, 6.45) is 8.14.